The van der Waals surface area contributed by atoms with Gasteiger partial charge in [0.25, 0.3) is 0 Å². The van der Waals surface area contributed by atoms with Gasteiger partial charge in [-0.15, -0.1) is 0 Å². The summed E-state index contributed by atoms with van der Waals surface area (Å²) in [5.41, 5.74) is 1.19. The van der Waals surface area contributed by atoms with Gasteiger partial charge in [-0.05, 0) is 74.3 Å². The molecule has 0 heterocycles. The zero-order chi connectivity index (χ0) is 17.4. The summed E-state index contributed by atoms with van der Waals surface area (Å²) >= 11 is 0. The molecular weight excluding hydrogens is 319 g/mol. The van der Waals surface area contributed by atoms with Crippen molar-refractivity contribution in [1.29, 1.82) is 0 Å². The molecule has 0 radical (unpaired) electrons. The Hall–Kier alpha value is -1.58. The predicted octanol–water partition coefficient (Wildman–Crippen LogP) is 5.67. The van der Waals surface area contributed by atoms with E-state index in [0.717, 1.165) is 31.2 Å². The van der Waals surface area contributed by atoms with E-state index in [1.54, 1.807) is 0 Å². The van der Waals surface area contributed by atoms with Crippen molar-refractivity contribution < 1.29 is 19.0 Å². The van der Waals surface area contributed by atoms with E-state index < -0.39 is 11.8 Å². The van der Waals surface area contributed by atoms with E-state index in [9.17, 15) is 9.18 Å². The summed E-state index contributed by atoms with van der Waals surface area (Å²) in [5, 5.41) is 9.16. The van der Waals surface area contributed by atoms with Crippen molar-refractivity contribution in [2.24, 2.45) is 5.41 Å². The van der Waals surface area contributed by atoms with E-state index in [1.165, 1.54) is 57.1 Å². The van der Waals surface area contributed by atoms with Crippen molar-refractivity contribution in [3.63, 3.8) is 0 Å². The number of halogens is 1. The highest BCUT2D eigenvalue weighted by Crippen LogP contribution is 2.49. The van der Waals surface area contributed by atoms with E-state index in [2.05, 4.69) is 0 Å². The highest BCUT2D eigenvalue weighted by Gasteiger charge is 2.37. The first-order valence-electron chi connectivity index (χ1n) is 9.80. The Morgan fingerprint density at radius 1 is 1.04 bits per heavy atom. The highest BCUT2D eigenvalue weighted by atomic mass is 19.1. The fraction of sp³-hybridized carbons (Fsp3) is 0.667. The normalized spacial score (nSPS) is 23.6. The lowest BCUT2D eigenvalue weighted by Crippen LogP contribution is -2.34. The lowest BCUT2D eigenvalue weighted by molar-refractivity contribution is 0.0517. The third kappa shape index (κ3) is 3.54. The fourth-order valence-corrected chi connectivity index (χ4v) is 4.85. The van der Waals surface area contributed by atoms with Crippen LogP contribution in [0.15, 0.2) is 12.1 Å². The largest absolute Gasteiger partial charge is 0.490 e. The smallest absolute Gasteiger partial charge is 0.338 e. The fourth-order valence-electron chi connectivity index (χ4n) is 4.85. The zero-order valence-electron chi connectivity index (χ0n) is 14.7. The molecule has 1 spiro atoms. The number of rotatable bonds is 4. The van der Waals surface area contributed by atoms with Gasteiger partial charge in [0.1, 0.15) is 11.6 Å². The molecule has 3 saturated carbocycles. The van der Waals surface area contributed by atoms with Gasteiger partial charge < -0.3 is 9.84 Å². The number of carboxylic acid groups (broad SMARTS) is 1. The molecule has 3 nitrogen and oxygen atoms in total. The Morgan fingerprint density at radius 2 is 1.72 bits per heavy atom. The standard InChI is InChI=1S/C21H27FO3/c22-18-13-19(16(14-4-5-14)12-17(18)20(23)24)25-15-6-10-21(11-7-15)8-2-1-3-9-21/h12-15H,1-11H2,(H,23,24). The second-order valence-corrected chi connectivity index (χ2v) is 8.33. The van der Waals surface area contributed by atoms with Crippen molar-refractivity contribution >= 4 is 5.97 Å². The van der Waals surface area contributed by atoms with E-state index in [0.29, 0.717) is 17.1 Å². The van der Waals surface area contributed by atoms with Gasteiger partial charge >= 0.3 is 5.97 Å². The Bertz CT molecular complexity index is 649. The molecule has 3 aliphatic carbocycles. The van der Waals surface area contributed by atoms with Crippen LogP contribution in [0.1, 0.15) is 92.5 Å². The zero-order valence-corrected chi connectivity index (χ0v) is 14.7. The minimum Gasteiger partial charge on any atom is -0.490 e. The minimum atomic E-state index is -1.21. The van der Waals surface area contributed by atoms with Gasteiger partial charge in [0.05, 0.1) is 11.7 Å². The first kappa shape index (κ1) is 16.9. The summed E-state index contributed by atoms with van der Waals surface area (Å²) in [6.45, 7) is 0. The molecule has 3 fully saturated rings. The number of carboxylic acids is 1. The van der Waals surface area contributed by atoms with Gasteiger partial charge in [0.2, 0.25) is 0 Å². The Morgan fingerprint density at radius 3 is 2.32 bits per heavy atom. The summed E-state index contributed by atoms with van der Waals surface area (Å²) in [6.07, 6.45) is 13.5. The molecule has 0 aromatic heterocycles. The summed E-state index contributed by atoms with van der Waals surface area (Å²) < 4.78 is 20.3. The average Bonchev–Trinajstić information content (AvgIpc) is 3.43. The van der Waals surface area contributed by atoms with Crippen LogP contribution < -0.4 is 4.74 Å². The SMILES string of the molecule is O=C(O)c1cc(C2CC2)c(OC2CCC3(CCCCC3)CC2)cc1F. The Labute approximate surface area is 148 Å². The molecule has 1 aromatic rings. The van der Waals surface area contributed by atoms with Crippen LogP contribution in [-0.2, 0) is 0 Å². The number of hydrogen-bond acceptors (Lipinski definition) is 2. The molecule has 0 unspecified atom stereocenters. The summed E-state index contributed by atoms with van der Waals surface area (Å²) in [4.78, 5) is 11.2. The summed E-state index contributed by atoms with van der Waals surface area (Å²) in [5.74, 6) is -0.981. The second-order valence-electron chi connectivity index (χ2n) is 8.33. The quantitative estimate of drug-likeness (QED) is 0.763. The van der Waals surface area contributed by atoms with Crippen LogP contribution in [0.3, 0.4) is 0 Å². The first-order chi connectivity index (χ1) is 12.1. The van der Waals surface area contributed by atoms with Crippen LogP contribution in [0, 0.1) is 11.2 Å². The van der Waals surface area contributed by atoms with Gasteiger partial charge in [-0.1, -0.05) is 19.3 Å². The molecule has 1 N–H and O–H groups in total. The third-order valence-corrected chi connectivity index (χ3v) is 6.55. The van der Waals surface area contributed by atoms with E-state index in [-0.39, 0.29) is 11.7 Å². The maximum absolute atomic E-state index is 14.1. The van der Waals surface area contributed by atoms with Crippen LogP contribution in [0.4, 0.5) is 4.39 Å². The van der Waals surface area contributed by atoms with Gasteiger partial charge in [0.15, 0.2) is 0 Å². The monoisotopic (exact) mass is 346 g/mol. The maximum atomic E-state index is 14.1. The molecule has 136 valence electrons. The molecule has 0 saturated heterocycles. The molecule has 4 rings (SSSR count). The molecule has 0 amide bonds. The van der Waals surface area contributed by atoms with E-state index >= 15 is 0 Å². The lowest BCUT2D eigenvalue weighted by Gasteiger charge is -2.43. The van der Waals surface area contributed by atoms with Crippen LogP contribution >= 0.6 is 0 Å². The van der Waals surface area contributed by atoms with E-state index in [1.807, 2.05) is 0 Å². The molecule has 0 bridgehead atoms. The molecule has 1 aromatic carbocycles. The topological polar surface area (TPSA) is 46.5 Å². The lowest BCUT2D eigenvalue weighted by atomic mass is 9.65. The van der Waals surface area contributed by atoms with Crippen molar-refractivity contribution in [3.8, 4) is 5.75 Å². The summed E-state index contributed by atoms with van der Waals surface area (Å²) in [6, 6.07) is 2.80. The van der Waals surface area contributed by atoms with Gasteiger partial charge in [0, 0.05) is 6.07 Å². The Kier molecular flexibility index (Phi) is 4.47. The average molecular weight is 346 g/mol. The minimum absolute atomic E-state index is 0.139. The molecule has 25 heavy (non-hydrogen) atoms. The molecule has 0 atom stereocenters. The summed E-state index contributed by atoms with van der Waals surface area (Å²) in [7, 11) is 0. The number of benzene rings is 1. The number of hydrogen-bond donors (Lipinski definition) is 1. The van der Waals surface area contributed by atoms with Crippen molar-refractivity contribution in [2.45, 2.75) is 82.7 Å². The molecular formula is C21H27FO3. The van der Waals surface area contributed by atoms with Crippen LogP contribution in [0.2, 0.25) is 0 Å². The molecule has 0 aliphatic heterocycles. The molecule has 4 heteroatoms. The number of ether oxygens (including phenoxy) is 1. The van der Waals surface area contributed by atoms with Crippen molar-refractivity contribution in [1.82, 2.24) is 0 Å². The first-order valence-corrected chi connectivity index (χ1v) is 9.80. The van der Waals surface area contributed by atoms with Gasteiger partial charge in [-0.25, -0.2) is 9.18 Å². The highest BCUT2D eigenvalue weighted by molar-refractivity contribution is 5.88. The van der Waals surface area contributed by atoms with Gasteiger partial charge in [-0.2, -0.15) is 0 Å². The van der Waals surface area contributed by atoms with Crippen LogP contribution in [0.5, 0.6) is 5.75 Å². The van der Waals surface area contributed by atoms with E-state index in [4.69, 9.17) is 9.84 Å². The number of aromatic carboxylic acids is 1. The second kappa shape index (κ2) is 6.62. The van der Waals surface area contributed by atoms with Crippen molar-refractivity contribution in [2.75, 3.05) is 0 Å². The van der Waals surface area contributed by atoms with Crippen molar-refractivity contribution in [3.05, 3.63) is 29.1 Å². The maximum Gasteiger partial charge on any atom is 0.338 e. The van der Waals surface area contributed by atoms with Crippen LogP contribution in [-0.4, -0.2) is 17.2 Å². The number of carbonyl (C=O) groups is 1. The van der Waals surface area contributed by atoms with Gasteiger partial charge in [-0.3, -0.25) is 0 Å². The predicted molar refractivity (Wildman–Crippen MR) is 93.7 cm³/mol. The molecule has 3 aliphatic rings. The Balaban J connectivity index is 1.47. The third-order valence-electron chi connectivity index (χ3n) is 6.55. The van der Waals surface area contributed by atoms with Crippen LogP contribution in [0.25, 0.3) is 0 Å².